The molecule has 0 bridgehead atoms. The molecule has 0 atom stereocenters. The molecule has 0 aliphatic rings. The van der Waals surface area contributed by atoms with Crippen molar-refractivity contribution >= 4 is 68.5 Å². The van der Waals surface area contributed by atoms with Crippen molar-refractivity contribution in [2.24, 2.45) is 0 Å². The average Bonchev–Trinajstić information content (AvgIpc) is 3.19. The quantitative estimate of drug-likeness (QED) is 0.0932. The van der Waals surface area contributed by atoms with Gasteiger partial charge >= 0.3 is 0 Å². The SMILES string of the molecule is CC(=O)CC(=O)Nc1cc(F)c(F)c(Cl)c1.Cc1c(C(=O)Nc2cc(F)c(F)c(Cl)c2)sc(N)c1C#N.[C-]#[N+]CC#N. The van der Waals surface area contributed by atoms with Crippen molar-refractivity contribution in [2.45, 2.75) is 20.3 Å². The van der Waals surface area contributed by atoms with Crippen LogP contribution in [-0.4, -0.2) is 24.1 Å². The third kappa shape index (κ3) is 10.4. The monoisotopic (exact) mass is 640 g/mol. The average molecular weight is 641 g/mol. The van der Waals surface area contributed by atoms with E-state index in [2.05, 4.69) is 15.5 Å². The smallest absolute Gasteiger partial charge is 0.298 e. The van der Waals surface area contributed by atoms with E-state index < -0.39 is 45.1 Å². The lowest BCUT2D eigenvalue weighted by Gasteiger charge is -2.06. The lowest BCUT2D eigenvalue weighted by atomic mass is 10.1. The normalized spacial score (nSPS) is 9.45. The van der Waals surface area contributed by atoms with Gasteiger partial charge in [0, 0.05) is 23.5 Å². The number of thiophene rings is 1. The predicted octanol–water partition coefficient (Wildman–Crippen LogP) is 6.66. The number of nitrogens with zero attached hydrogens (tertiary/aromatic N) is 3. The van der Waals surface area contributed by atoms with Crippen molar-refractivity contribution in [3.63, 3.8) is 0 Å². The number of nitrogens with two attached hydrogens (primary N) is 1. The summed E-state index contributed by atoms with van der Waals surface area (Å²) in [5.74, 6) is -6.19. The fraction of sp³-hybridized carbons (Fsp3) is 0.154. The van der Waals surface area contributed by atoms with Crippen LogP contribution in [0.2, 0.25) is 10.0 Å². The van der Waals surface area contributed by atoms with Crippen LogP contribution in [0.3, 0.4) is 0 Å². The molecule has 42 heavy (non-hydrogen) atoms. The van der Waals surface area contributed by atoms with Gasteiger partial charge in [-0.05, 0) is 31.5 Å². The molecular weight excluding hydrogens is 623 g/mol. The molecule has 0 fully saturated rings. The van der Waals surface area contributed by atoms with Gasteiger partial charge in [0.05, 0.1) is 26.9 Å². The number of nitrogens with one attached hydrogen (secondary N) is 2. The Morgan fingerprint density at radius 3 is 1.86 bits per heavy atom. The second-order valence-electron chi connectivity index (χ2n) is 7.77. The zero-order valence-electron chi connectivity index (χ0n) is 21.5. The van der Waals surface area contributed by atoms with Crippen molar-refractivity contribution in [2.75, 3.05) is 22.9 Å². The molecule has 2 aromatic carbocycles. The van der Waals surface area contributed by atoms with Gasteiger partial charge in [-0.15, -0.1) is 11.3 Å². The van der Waals surface area contributed by atoms with Crippen molar-refractivity contribution in [1.29, 1.82) is 10.5 Å². The molecule has 3 rings (SSSR count). The van der Waals surface area contributed by atoms with Crippen molar-refractivity contribution in [1.82, 2.24) is 0 Å². The van der Waals surface area contributed by atoms with E-state index in [1.807, 2.05) is 6.07 Å². The zero-order valence-corrected chi connectivity index (χ0v) is 23.9. The topological polar surface area (TPSA) is 153 Å². The minimum Gasteiger partial charge on any atom is -0.389 e. The molecule has 2 amide bonds. The third-order valence-electron chi connectivity index (χ3n) is 4.56. The Kier molecular flexibility index (Phi) is 13.9. The Balaban J connectivity index is 0.000000372. The molecule has 0 spiro atoms. The minimum absolute atomic E-state index is 0.00813. The number of nitriles is 2. The molecular formula is C26H18Cl2F4N6O3S. The Labute approximate surface area is 250 Å². The van der Waals surface area contributed by atoms with Crippen molar-refractivity contribution in [3.05, 3.63) is 85.0 Å². The fourth-order valence-electron chi connectivity index (χ4n) is 2.80. The summed E-state index contributed by atoms with van der Waals surface area (Å²) in [6.07, 6.45) is -0.323. The molecule has 3 aromatic rings. The summed E-state index contributed by atoms with van der Waals surface area (Å²) in [5, 5.41) is 20.5. The Morgan fingerprint density at radius 1 is 1.00 bits per heavy atom. The van der Waals surface area contributed by atoms with Crippen LogP contribution in [-0.2, 0) is 9.59 Å². The van der Waals surface area contributed by atoms with E-state index >= 15 is 0 Å². The number of carbonyl (C=O) groups excluding carboxylic acids is 3. The van der Waals surface area contributed by atoms with E-state index in [1.165, 1.54) is 6.92 Å². The second kappa shape index (κ2) is 16.6. The van der Waals surface area contributed by atoms with E-state index in [4.69, 9.17) is 46.0 Å². The summed E-state index contributed by atoms with van der Waals surface area (Å²) in [7, 11) is 0. The van der Waals surface area contributed by atoms with Crippen LogP contribution < -0.4 is 16.4 Å². The Morgan fingerprint density at radius 2 is 1.50 bits per heavy atom. The summed E-state index contributed by atoms with van der Waals surface area (Å²) >= 11 is 11.8. The molecule has 4 N–H and O–H groups in total. The summed E-state index contributed by atoms with van der Waals surface area (Å²) in [4.78, 5) is 36.8. The number of benzene rings is 2. The highest BCUT2D eigenvalue weighted by Gasteiger charge is 2.20. The number of hydrogen-bond acceptors (Lipinski definition) is 7. The zero-order chi connectivity index (χ0) is 32.1. The molecule has 0 aliphatic carbocycles. The first-order chi connectivity index (χ1) is 19.7. The van der Waals surface area contributed by atoms with Gasteiger partial charge in [-0.2, -0.15) is 10.5 Å². The van der Waals surface area contributed by atoms with Gasteiger partial charge in [0.25, 0.3) is 12.5 Å². The molecule has 1 heterocycles. The molecule has 16 heteroatoms. The summed E-state index contributed by atoms with van der Waals surface area (Å²) < 4.78 is 52.0. The van der Waals surface area contributed by atoms with E-state index in [9.17, 15) is 31.9 Å². The summed E-state index contributed by atoms with van der Waals surface area (Å²) in [5.41, 5.74) is 6.32. The predicted molar refractivity (Wildman–Crippen MR) is 150 cm³/mol. The number of hydrogen-bond donors (Lipinski definition) is 3. The standard InChI is InChI=1S/C13H8ClF2N3OS.C10H8ClF2NO2.C3H2N2/c1-5-7(4-17)12(18)21-11(5)13(20)19-6-2-8(14)10(16)9(15)3-6;1-5(15)2-9(16)14-6-3-7(11)10(13)8(12)4-6;1-5-3-2-4/h2-3H,18H2,1H3,(H,19,20);3-4H,2H2,1H3,(H,14,16);3H2. The van der Waals surface area contributed by atoms with Gasteiger partial charge in [-0.3, -0.25) is 14.4 Å². The molecule has 0 unspecified atom stereocenters. The van der Waals surface area contributed by atoms with Crippen LogP contribution in [0.1, 0.15) is 34.1 Å². The highest BCUT2D eigenvalue weighted by molar-refractivity contribution is 7.18. The Bertz CT molecular complexity index is 1590. The Hall–Kier alpha value is -4.68. The molecule has 1 aromatic heterocycles. The number of nitrogen functional groups attached to an aromatic ring is 1. The van der Waals surface area contributed by atoms with Gasteiger partial charge in [0.2, 0.25) is 5.91 Å². The minimum atomic E-state index is -1.18. The number of amides is 2. The van der Waals surface area contributed by atoms with Crippen LogP contribution in [0.25, 0.3) is 4.85 Å². The van der Waals surface area contributed by atoms with Crippen LogP contribution in [0.15, 0.2) is 24.3 Å². The summed E-state index contributed by atoms with van der Waals surface area (Å²) in [6, 6.07) is 7.33. The molecule has 218 valence electrons. The van der Waals surface area contributed by atoms with Crippen LogP contribution in [0, 0.1) is 59.4 Å². The lowest BCUT2D eigenvalue weighted by Crippen LogP contribution is -2.15. The van der Waals surface area contributed by atoms with Gasteiger partial charge in [-0.1, -0.05) is 23.2 Å². The van der Waals surface area contributed by atoms with E-state index in [0.717, 1.165) is 35.6 Å². The van der Waals surface area contributed by atoms with Gasteiger partial charge in [0.1, 0.15) is 22.9 Å². The van der Waals surface area contributed by atoms with Gasteiger partial charge < -0.3 is 21.2 Å². The van der Waals surface area contributed by atoms with E-state index in [-0.39, 0.29) is 45.6 Å². The maximum atomic E-state index is 13.2. The van der Waals surface area contributed by atoms with Crippen LogP contribution in [0.4, 0.5) is 33.9 Å². The first-order valence-electron chi connectivity index (χ1n) is 11.1. The number of halogens is 6. The first kappa shape index (κ1) is 35.3. The lowest BCUT2D eigenvalue weighted by molar-refractivity contribution is -0.124. The number of Topliss-reactive ketones (excluding diaryl/α,β-unsaturated/α-hetero) is 1. The number of anilines is 3. The number of rotatable bonds is 5. The molecule has 9 nitrogen and oxygen atoms in total. The third-order valence-corrected chi connectivity index (χ3v) is 6.23. The second-order valence-corrected chi connectivity index (χ2v) is 9.64. The van der Waals surface area contributed by atoms with Crippen LogP contribution >= 0.6 is 34.5 Å². The van der Waals surface area contributed by atoms with Crippen molar-refractivity contribution < 1.29 is 31.9 Å². The molecule has 0 aliphatic heterocycles. The maximum absolute atomic E-state index is 13.2. The highest BCUT2D eigenvalue weighted by atomic mass is 35.5. The number of ketones is 1. The highest BCUT2D eigenvalue weighted by Crippen LogP contribution is 2.31. The van der Waals surface area contributed by atoms with E-state index in [0.29, 0.717) is 5.56 Å². The number of carbonyl (C=O) groups is 3. The van der Waals surface area contributed by atoms with Gasteiger partial charge in [-0.25, -0.2) is 24.1 Å². The van der Waals surface area contributed by atoms with Crippen LogP contribution in [0.5, 0.6) is 0 Å². The van der Waals surface area contributed by atoms with Crippen molar-refractivity contribution in [3.8, 4) is 12.1 Å². The first-order valence-corrected chi connectivity index (χ1v) is 12.6. The summed E-state index contributed by atoms with van der Waals surface area (Å²) in [6.45, 7) is 8.82. The molecule has 0 radical (unpaired) electrons. The molecule has 0 saturated carbocycles. The maximum Gasteiger partial charge on any atom is 0.298 e. The largest absolute Gasteiger partial charge is 0.389 e. The van der Waals surface area contributed by atoms with Gasteiger partial charge in [0.15, 0.2) is 23.3 Å². The molecule has 0 saturated heterocycles. The fourth-order valence-corrected chi connectivity index (χ4v) is 4.14. The van der Waals surface area contributed by atoms with E-state index in [1.54, 1.807) is 13.0 Å².